The fraction of sp³-hybridized carbons (Fsp3) is 0.609. The third-order valence-electron chi connectivity index (χ3n) is 7.02. The lowest BCUT2D eigenvalue weighted by Gasteiger charge is -2.60. The summed E-state index contributed by atoms with van der Waals surface area (Å²) < 4.78 is 18.5. The van der Waals surface area contributed by atoms with Gasteiger partial charge in [-0.25, -0.2) is 4.39 Å². The molecule has 5 atom stereocenters. The van der Waals surface area contributed by atoms with Crippen LogP contribution in [0.15, 0.2) is 24.3 Å². The largest absolute Gasteiger partial charge is 0.455 e. The molecule has 4 aliphatic rings. The molecule has 7 heteroatoms. The van der Waals surface area contributed by atoms with Crippen molar-refractivity contribution in [3.8, 4) is 0 Å². The highest BCUT2D eigenvalue weighted by molar-refractivity contribution is 5.83. The zero-order valence-electron chi connectivity index (χ0n) is 17.5. The first-order valence-corrected chi connectivity index (χ1v) is 10.7. The van der Waals surface area contributed by atoms with Gasteiger partial charge in [-0.2, -0.15) is 0 Å². The van der Waals surface area contributed by atoms with E-state index >= 15 is 0 Å². The van der Waals surface area contributed by atoms with Gasteiger partial charge in [-0.1, -0.05) is 12.1 Å². The molecule has 4 saturated carbocycles. The van der Waals surface area contributed by atoms with Crippen molar-refractivity contribution >= 4 is 17.8 Å². The van der Waals surface area contributed by atoms with Gasteiger partial charge in [0, 0.05) is 12.5 Å². The zero-order valence-corrected chi connectivity index (χ0v) is 17.5. The summed E-state index contributed by atoms with van der Waals surface area (Å²) in [4.78, 5) is 37.1. The number of carbonyl (C=O) groups excluding carboxylic acids is 3. The van der Waals surface area contributed by atoms with Crippen molar-refractivity contribution in [2.75, 3.05) is 6.61 Å². The van der Waals surface area contributed by atoms with E-state index < -0.39 is 5.41 Å². The summed E-state index contributed by atoms with van der Waals surface area (Å²) in [6, 6.07) is 5.60. The summed E-state index contributed by atoms with van der Waals surface area (Å²) in [7, 11) is 0. The Morgan fingerprint density at radius 3 is 2.37 bits per heavy atom. The van der Waals surface area contributed by atoms with Gasteiger partial charge in [-0.15, -0.1) is 0 Å². The third-order valence-corrected chi connectivity index (χ3v) is 7.02. The van der Waals surface area contributed by atoms with Gasteiger partial charge in [-0.3, -0.25) is 14.4 Å². The molecule has 0 heterocycles. The van der Waals surface area contributed by atoms with Crippen molar-refractivity contribution in [1.82, 2.24) is 10.6 Å². The molecule has 1 aromatic carbocycles. The maximum atomic E-state index is 13.1. The van der Waals surface area contributed by atoms with E-state index in [9.17, 15) is 18.8 Å². The molecule has 0 aromatic heterocycles. The minimum absolute atomic E-state index is 0.0605. The van der Waals surface area contributed by atoms with Crippen LogP contribution in [0, 0.1) is 23.1 Å². The normalized spacial score (nSPS) is 32.4. The summed E-state index contributed by atoms with van der Waals surface area (Å²) in [6.45, 7) is 2.98. The Balaban J connectivity index is 1.36. The van der Waals surface area contributed by atoms with E-state index in [1.165, 1.54) is 19.1 Å². The van der Waals surface area contributed by atoms with Crippen LogP contribution in [0.2, 0.25) is 0 Å². The predicted molar refractivity (Wildman–Crippen MR) is 108 cm³/mol. The molecule has 4 bridgehead atoms. The third kappa shape index (κ3) is 4.07. The van der Waals surface area contributed by atoms with Crippen LogP contribution in [0.4, 0.5) is 4.39 Å². The second-order valence-electron chi connectivity index (χ2n) is 9.62. The average Bonchev–Trinajstić information content (AvgIpc) is 2.64. The van der Waals surface area contributed by atoms with Crippen LogP contribution < -0.4 is 10.6 Å². The molecule has 5 rings (SSSR count). The highest BCUT2D eigenvalue weighted by Crippen LogP contribution is 2.62. The van der Waals surface area contributed by atoms with Gasteiger partial charge in [0.05, 0.1) is 11.5 Å². The molecule has 6 nitrogen and oxygen atoms in total. The minimum Gasteiger partial charge on any atom is -0.455 e. The van der Waals surface area contributed by atoms with Gasteiger partial charge >= 0.3 is 5.97 Å². The van der Waals surface area contributed by atoms with E-state index in [1.807, 2.05) is 0 Å². The monoisotopic (exact) mass is 416 g/mol. The van der Waals surface area contributed by atoms with Gasteiger partial charge < -0.3 is 15.4 Å². The molecular formula is C23H29FN2O4. The van der Waals surface area contributed by atoms with Gasteiger partial charge in [0.15, 0.2) is 6.61 Å². The molecule has 0 aliphatic heterocycles. The second-order valence-corrected chi connectivity index (χ2v) is 9.62. The quantitative estimate of drug-likeness (QED) is 0.698. The van der Waals surface area contributed by atoms with Crippen molar-refractivity contribution in [1.29, 1.82) is 0 Å². The molecule has 4 aliphatic carbocycles. The first-order valence-electron chi connectivity index (χ1n) is 10.7. The molecule has 2 unspecified atom stereocenters. The summed E-state index contributed by atoms with van der Waals surface area (Å²) in [5.41, 5.74) is -0.140. The standard InChI is InChI=1S/C23H29FN2O4/c1-14(18-3-5-19(24)6-4-18)25-20(28)12-30-21(29)22-8-16-7-17(9-22)11-23(10-16,13-22)26-15(2)27/h3-6,14,16-17H,7-13H2,1-2H3,(H,25,28)(H,26,27)/t14-,16-,17+,22?,23?/m1/s1. The Labute approximate surface area is 175 Å². The van der Waals surface area contributed by atoms with Gasteiger partial charge in [0.25, 0.3) is 5.91 Å². The summed E-state index contributed by atoms with van der Waals surface area (Å²) >= 11 is 0. The Morgan fingerprint density at radius 1 is 1.13 bits per heavy atom. The number of rotatable bonds is 6. The van der Waals surface area contributed by atoms with Gasteiger partial charge in [0.2, 0.25) is 5.91 Å². The Bertz CT molecular complexity index is 839. The fourth-order valence-corrected chi connectivity index (χ4v) is 6.42. The van der Waals surface area contributed by atoms with Crippen molar-refractivity contribution in [2.24, 2.45) is 17.3 Å². The van der Waals surface area contributed by atoms with Crippen molar-refractivity contribution in [3.05, 3.63) is 35.6 Å². The Kier molecular flexibility index (Phi) is 5.32. The smallest absolute Gasteiger partial charge is 0.312 e. The van der Waals surface area contributed by atoms with Crippen LogP contribution in [0.3, 0.4) is 0 Å². The molecule has 0 spiro atoms. The molecule has 30 heavy (non-hydrogen) atoms. The number of ether oxygens (including phenoxy) is 1. The highest BCUT2D eigenvalue weighted by atomic mass is 19.1. The number of halogens is 1. The number of carbonyl (C=O) groups is 3. The number of hydrogen-bond donors (Lipinski definition) is 2. The van der Waals surface area contributed by atoms with E-state index in [2.05, 4.69) is 10.6 Å². The lowest BCUT2D eigenvalue weighted by Crippen LogP contribution is -2.64. The number of nitrogens with one attached hydrogen (secondary N) is 2. The molecular weight excluding hydrogens is 387 g/mol. The average molecular weight is 416 g/mol. The maximum absolute atomic E-state index is 13.1. The first kappa shape index (κ1) is 20.8. The topological polar surface area (TPSA) is 84.5 Å². The van der Waals surface area contributed by atoms with E-state index in [1.54, 1.807) is 19.1 Å². The van der Waals surface area contributed by atoms with Crippen molar-refractivity contribution in [2.45, 2.75) is 64.0 Å². The Hall–Kier alpha value is -2.44. The summed E-state index contributed by atoms with van der Waals surface area (Å²) in [5.74, 6) is -0.276. The van der Waals surface area contributed by atoms with Crippen LogP contribution in [0.5, 0.6) is 0 Å². The number of hydrogen-bond acceptors (Lipinski definition) is 4. The predicted octanol–water partition coefficient (Wildman–Crippen LogP) is 3.02. The molecule has 2 amide bonds. The van der Waals surface area contributed by atoms with Crippen LogP contribution in [0.25, 0.3) is 0 Å². The molecule has 0 radical (unpaired) electrons. The van der Waals surface area contributed by atoms with Crippen molar-refractivity contribution < 1.29 is 23.5 Å². The second kappa shape index (κ2) is 7.67. The van der Waals surface area contributed by atoms with E-state index in [0.29, 0.717) is 18.3 Å². The van der Waals surface area contributed by atoms with E-state index in [4.69, 9.17) is 4.74 Å². The number of amides is 2. The van der Waals surface area contributed by atoms with Crippen LogP contribution in [-0.4, -0.2) is 29.9 Å². The van der Waals surface area contributed by atoms with Crippen LogP contribution in [-0.2, 0) is 19.1 Å². The lowest BCUT2D eigenvalue weighted by molar-refractivity contribution is -0.177. The maximum Gasteiger partial charge on any atom is 0.312 e. The van der Waals surface area contributed by atoms with Gasteiger partial charge in [0.1, 0.15) is 5.82 Å². The highest BCUT2D eigenvalue weighted by Gasteiger charge is 2.61. The van der Waals surface area contributed by atoms with Gasteiger partial charge in [-0.05, 0) is 75.0 Å². The first-order chi connectivity index (χ1) is 14.2. The molecule has 162 valence electrons. The molecule has 2 N–H and O–H groups in total. The van der Waals surface area contributed by atoms with Crippen molar-refractivity contribution in [3.63, 3.8) is 0 Å². The van der Waals surface area contributed by atoms with E-state index in [0.717, 1.165) is 37.7 Å². The molecule has 4 fully saturated rings. The van der Waals surface area contributed by atoms with Crippen LogP contribution in [0.1, 0.15) is 64.0 Å². The minimum atomic E-state index is -0.602. The van der Waals surface area contributed by atoms with Crippen LogP contribution >= 0.6 is 0 Å². The number of esters is 1. The fourth-order valence-electron chi connectivity index (χ4n) is 6.42. The number of benzene rings is 1. The Morgan fingerprint density at radius 2 is 1.77 bits per heavy atom. The zero-order chi connectivity index (χ0) is 21.5. The molecule has 1 aromatic rings. The summed E-state index contributed by atoms with van der Waals surface area (Å²) in [5, 5.41) is 5.91. The summed E-state index contributed by atoms with van der Waals surface area (Å²) in [6.07, 6.45) is 5.10. The van der Waals surface area contributed by atoms with E-state index in [-0.39, 0.29) is 41.8 Å². The molecule has 0 saturated heterocycles. The lowest BCUT2D eigenvalue weighted by atomic mass is 9.47. The SMILES string of the molecule is CC(=O)NC12C[C@H]3C[C@@H](C1)CC(C(=O)OCC(=O)N[C@H](C)c1ccc(F)cc1)(C3)C2.